The van der Waals surface area contributed by atoms with Crippen LogP contribution in [-0.2, 0) is 0 Å². The first-order chi connectivity index (χ1) is 14.1. The van der Waals surface area contributed by atoms with Crippen LogP contribution in [0.15, 0.2) is 24.3 Å². The molecule has 3 nitrogen and oxygen atoms in total. The van der Waals surface area contributed by atoms with Crippen molar-refractivity contribution in [3.8, 4) is 5.75 Å². The second-order valence-corrected chi connectivity index (χ2v) is 10.2. The summed E-state index contributed by atoms with van der Waals surface area (Å²) in [5.74, 6) is 3.71. The summed E-state index contributed by atoms with van der Waals surface area (Å²) in [6.07, 6.45) is 14.1. The Morgan fingerprint density at radius 2 is 1.62 bits per heavy atom. The highest BCUT2D eigenvalue weighted by Gasteiger charge is 2.54. The van der Waals surface area contributed by atoms with Crippen LogP contribution in [0.2, 0.25) is 0 Å². The molecule has 0 heterocycles. The molecule has 5 rings (SSSR count). The third kappa shape index (κ3) is 4.64. The average Bonchev–Trinajstić information content (AvgIpc) is 2.70. The van der Waals surface area contributed by atoms with Gasteiger partial charge in [-0.1, -0.05) is 33.1 Å². The molecule has 4 aliphatic carbocycles. The number of carbonyl (C=O) groups is 1. The molecule has 0 spiro atoms. The molecule has 0 radical (unpaired) electrons. The molecule has 4 bridgehead atoms. The Labute approximate surface area is 177 Å². The molecule has 0 aliphatic heterocycles. The van der Waals surface area contributed by atoms with Crippen LogP contribution in [0, 0.1) is 23.2 Å². The van der Waals surface area contributed by atoms with Crippen LogP contribution in [0.5, 0.6) is 5.75 Å². The monoisotopic (exact) mass is 397 g/mol. The Kier molecular flexibility index (Phi) is 6.51. The Balaban J connectivity index is 1.39. The molecular weight excluding hydrogens is 358 g/mol. The number of unbranched alkanes of at least 4 members (excludes halogenated alkanes) is 2. The van der Waals surface area contributed by atoms with Gasteiger partial charge in [-0.25, -0.2) is 0 Å². The van der Waals surface area contributed by atoms with Gasteiger partial charge >= 0.3 is 0 Å². The van der Waals surface area contributed by atoms with E-state index in [1.54, 1.807) is 0 Å². The molecule has 0 saturated heterocycles. The standard InChI is InChI=1S/C26H39NO2/c1-3-5-6-12-29-23-10-8-22(9-11-23)25(28)27-24(7-4-2)26-16-19-13-20(17-26)15-21(14-19)18-26/h8-11,19-21,24H,3-7,12-18H2,1-2H3,(H,27,28). The second-order valence-electron chi connectivity index (χ2n) is 10.2. The van der Waals surface area contributed by atoms with Crippen LogP contribution < -0.4 is 10.1 Å². The summed E-state index contributed by atoms with van der Waals surface area (Å²) in [4.78, 5) is 13.1. The Bertz CT molecular complexity index is 645. The number of hydrogen-bond acceptors (Lipinski definition) is 2. The van der Waals surface area contributed by atoms with Gasteiger partial charge in [0, 0.05) is 11.6 Å². The van der Waals surface area contributed by atoms with Crippen molar-refractivity contribution in [2.45, 2.75) is 90.5 Å². The summed E-state index contributed by atoms with van der Waals surface area (Å²) in [5.41, 5.74) is 1.12. The zero-order valence-electron chi connectivity index (χ0n) is 18.4. The quantitative estimate of drug-likeness (QED) is 0.466. The normalized spacial score (nSPS) is 30.9. The number of carbonyl (C=O) groups excluding carboxylic acids is 1. The molecular formula is C26H39NO2. The van der Waals surface area contributed by atoms with Crippen molar-refractivity contribution in [2.24, 2.45) is 23.2 Å². The summed E-state index contributed by atoms with van der Waals surface area (Å²) >= 11 is 0. The number of ether oxygens (including phenoxy) is 1. The van der Waals surface area contributed by atoms with Gasteiger partial charge in [-0.15, -0.1) is 0 Å². The molecule has 1 amide bonds. The van der Waals surface area contributed by atoms with Gasteiger partial charge < -0.3 is 10.1 Å². The Morgan fingerprint density at radius 1 is 1.00 bits per heavy atom. The molecule has 3 heteroatoms. The smallest absolute Gasteiger partial charge is 0.251 e. The van der Waals surface area contributed by atoms with E-state index in [1.165, 1.54) is 51.4 Å². The summed E-state index contributed by atoms with van der Waals surface area (Å²) in [6.45, 7) is 5.21. The first-order valence-corrected chi connectivity index (χ1v) is 12.2. The molecule has 160 valence electrons. The second kappa shape index (κ2) is 9.10. The van der Waals surface area contributed by atoms with Gasteiger partial charge in [0.1, 0.15) is 5.75 Å². The van der Waals surface area contributed by atoms with E-state index in [-0.39, 0.29) is 5.91 Å². The van der Waals surface area contributed by atoms with Crippen LogP contribution in [0.4, 0.5) is 0 Å². The third-order valence-electron chi connectivity index (χ3n) is 7.84. The maximum atomic E-state index is 13.1. The molecule has 4 fully saturated rings. The number of nitrogens with one attached hydrogen (secondary N) is 1. The molecule has 1 atom stereocenters. The lowest BCUT2D eigenvalue weighted by atomic mass is 9.47. The fourth-order valence-corrected chi connectivity index (χ4v) is 6.91. The van der Waals surface area contributed by atoms with Crippen LogP contribution in [0.1, 0.15) is 94.8 Å². The number of hydrogen-bond donors (Lipinski definition) is 1. The van der Waals surface area contributed by atoms with Gasteiger partial charge in [-0.3, -0.25) is 4.79 Å². The maximum absolute atomic E-state index is 13.1. The van der Waals surface area contributed by atoms with Gasteiger partial charge in [-0.2, -0.15) is 0 Å². The minimum atomic E-state index is 0.0942. The zero-order chi connectivity index (χ0) is 20.3. The minimum absolute atomic E-state index is 0.0942. The highest BCUT2D eigenvalue weighted by molar-refractivity contribution is 5.94. The van der Waals surface area contributed by atoms with Crippen LogP contribution in [0.3, 0.4) is 0 Å². The molecule has 1 aromatic rings. The number of rotatable bonds is 10. The lowest BCUT2D eigenvalue weighted by Gasteiger charge is -2.59. The summed E-state index contributed by atoms with van der Waals surface area (Å²) < 4.78 is 5.80. The van der Waals surface area contributed by atoms with E-state index in [2.05, 4.69) is 19.2 Å². The Morgan fingerprint density at radius 3 is 2.17 bits per heavy atom. The van der Waals surface area contributed by atoms with E-state index in [9.17, 15) is 4.79 Å². The molecule has 4 aliphatic rings. The van der Waals surface area contributed by atoms with Crippen LogP contribution in [0.25, 0.3) is 0 Å². The summed E-state index contributed by atoms with van der Waals surface area (Å²) in [5, 5.41) is 3.49. The van der Waals surface area contributed by atoms with Gasteiger partial charge in [0.15, 0.2) is 0 Å². The van der Waals surface area contributed by atoms with E-state index in [0.717, 1.165) is 54.9 Å². The van der Waals surface area contributed by atoms with Crippen molar-refractivity contribution in [3.05, 3.63) is 29.8 Å². The minimum Gasteiger partial charge on any atom is -0.494 e. The largest absolute Gasteiger partial charge is 0.494 e. The SMILES string of the molecule is CCCCCOc1ccc(C(=O)NC(CCC)C23CC4CC(CC(C4)C2)C3)cc1. The maximum Gasteiger partial charge on any atom is 0.251 e. The van der Waals surface area contributed by atoms with Crippen molar-refractivity contribution in [2.75, 3.05) is 6.61 Å². The third-order valence-corrected chi connectivity index (χ3v) is 7.84. The van der Waals surface area contributed by atoms with E-state index >= 15 is 0 Å². The summed E-state index contributed by atoms with van der Waals surface area (Å²) in [6, 6.07) is 8.07. The van der Waals surface area contributed by atoms with E-state index in [0.29, 0.717) is 11.5 Å². The predicted molar refractivity (Wildman–Crippen MR) is 118 cm³/mol. The molecule has 1 aromatic carbocycles. The first-order valence-electron chi connectivity index (χ1n) is 12.2. The lowest BCUT2D eigenvalue weighted by Crippen LogP contribution is -2.56. The van der Waals surface area contributed by atoms with Crippen molar-refractivity contribution in [1.29, 1.82) is 0 Å². The molecule has 29 heavy (non-hydrogen) atoms. The predicted octanol–water partition coefficient (Wildman–Crippen LogP) is 6.37. The lowest BCUT2D eigenvalue weighted by molar-refractivity contribution is -0.0736. The average molecular weight is 398 g/mol. The summed E-state index contributed by atoms with van der Waals surface area (Å²) in [7, 11) is 0. The highest BCUT2D eigenvalue weighted by Crippen LogP contribution is 2.61. The van der Waals surface area contributed by atoms with E-state index in [4.69, 9.17) is 4.74 Å². The zero-order valence-corrected chi connectivity index (χ0v) is 18.4. The van der Waals surface area contributed by atoms with E-state index < -0.39 is 0 Å². The molecule has 0 aromatic heterocycles. The van der Waals surface area contributed by atoms with Crippen molar-refractivity contribution in [1.82, 2.24) is 5.32 Å². The highest BCUT2D eigenvalue weighted by atomic mass is 16.5. The van der Waals surface area contributed by atoms with Crippen LogP contribution in [-0.4, -0.2) is 18.6 Å². The Hall–Kier alpha value is -1.51. The number of benzene rings is 1. The first kappa shape index (κ1) is 20.8. The van der Waals surface area contributed by atoms with Gasteiger partial charge in [0.2, 0.25) is 0 Å². The molecule has 4 saturated carbocycles. The van der Waals surface area contributed by atoms with Gasteiger partial charge in [0.25, 0.3) is 5.91 Å². The fourth-order valence-electron chi connectivity index (χ4n) is 6.91. The van der Waals surface area contributed by atoms with Gasteiger partial charge in [0.05, 0.1) is 6.61 Å². The molecule has 1 unspecified atom stereocenters. The molecule has 1 N–H and O–H groups in total. The van der Waals surface area contributed by atoms with E-state index in [1.807, 2.05) is 24.3 Å². The van der Waals surface area contributed by atoms with Gasteiger partial charge in [-0.05, 0) is 98.8 Å². The topological polar surface area (TPSA) is 38.3 Å². The van der Waals surface area contributed by atoms with Crippen LogP contribution >= 0.6 is 0 Å². The van der Waals surface area contributed by atoms with Crippen molar-refractivity contribution in [3.63, 3.8) is 0 Å². The fraction of sp³-hybridized carbons (Fsp3) is 0.731. The van der Waals surface area contributed by atoms with Crippen molar-refractivity contribution < 1.29 is 9.53 Å². The van der Waals surface area contributed by atoms with Crippen molar-refractivity contribution >= 4 is 5.91 Å². The number of amides is 1.